The largest absolute Gasteiger partial charge is 0.241 e. The zero-order valence-electron chi connectivity index (χ0n) is 10.3. The van der Waals surface area contributed by atoms with E-state index in [1.165, 1.54) is 6.07 Å². The summed E-state index contributed by atoms with van der Waals surface area (Å²) in [5, 5.41) is 2.98. The van der Waals surface area contributed by atoms with Gasteiger partial charge in [0.25, 0.3) is 0 Å². The third-order valence-corrected chi connectivity index (χ3v) is 3.84. The van der Waals surface area contributed by atoms with E-state index >= 15 is 0 Å². The lowest BCUT2D eigenvalue weighted by molar-refractivity contribution is 0.627. The molecular formula is C14H16FNS. The fourth-order valence-corrected chi connectivity index (χ4v) is 2.64. The molecule has 0 saturated heterocycles. The molecule has 0 radical (unpaired) electrons. The lowest BCUT2D eigenvalue weighted by Gasteiger charge is -2.03. The summed E-state index contributed by atoms with van der Waals surface area (Å²) in [7, 11) is 0. The Morgan fingerprint density at radius 1 is 1.35 bits per heavy atom. The van der Waals surface area contributed by atoms with Crippen LogP contribution in [-0.2, 0) is 0 Å². The molecule has 17 heavy (non-hydrogen) atoms. The predicted octanol–water partition coefficient (Wildman–Crippen LogP) is 4.77. The first-order chi connectivity index (χ1) is 8.10. The molecule has 1 nitrogen and oxygen atoms in total. The molecule has 1 aromatic carbocycles. The summed E-state index contributed by atoms with van der Waals surface area (Å²) in [6.07, 6.45) is 1.07. The van der Waals surface area contributed by atoms with E-state index in [2.05, 4.69) is 24.2 Å². The molecule has 1 heterocycles. The van der Waals surface area contributed by atoms with Crippen LogP contribution in [0.1, 0.15) is 37.4 Å². The standard InChI is InChI=1S/C14H16FNS/c1-4-10(3)13-8-17-14(16-13)11-5-9(2)6-12(15)7-11/h5-8,10H,4H2,1-3H3. The smallest absolute Gasteiger partial charge is 0.124 e. The van der Waals surface area contributed by atoms with E-state index in [1.807, 2.05) is 13.0 Å². The zero-order chi connectivity index (χ0) is 12.4. The van der Waals surface area contributed by atoms with Gasteiger partial charge in [0.2, 0.25) is 0 Å². The summed E-state index contributed by atoms with van der Waals surface area (Å²) >= 11 is 1.59. The van der Waals surface area contributed by atoms with Crippen LogP contribution in [0.3, 0.4) is 0 Å². The first-order valence-electron chi connectivity index (χ1n) is 5.83. The number of rotatable bonds is 3. The number of hydrogen-bond donors (Lipinski definition) is 0. The Balaban J connectivity index is 2.36. The Labute approximate surface area is 105 Å². The van der Waals surface area contributed by atoms with Crippen LogP contribution in [-0.4, -0.2) is 4.98 Å². The third-order valence-electron chi connectivity index (χ3n) is 2.93. The average Bonchev–Trinajstić information content (AvgIpc) is 2.76. The Hall–Kier alpha value is -1.22. The van der Waals surface area contributed by atoms with Crippen molar-refractivity contribution >= 4 is 11.3 Å². The number of thiazole rings is 1. The molecule has 0 bridgehead atoms. The minimum Gasteiger partial charge on any atom is -0.241 e. The lowest BCUT2D eigenvalue weighted by Crippen LogP contribution is -1.91. The molecule has 0 fully saturated rings. The molecule has 1 aromatic heterocycles. The van der Waals surface area contributed by atoms with Gasteiger partial charge in [-0.1, -0.05) is 13.8 Å². The normalized spacial score (nSPS) is 12.7. The number of hydrogen-bond acceptors (Lipinski definition) is 2. The van der Waals surface area contributed by atoms with Crippen LogP contribution in [0.5, 0.6) is 0 Å². The van der Waals surface area contributed by atoms with Gasteiger partial charge in [0.1, 0.15) is 10.8 Å². The molecule has 0 aliphatic carbocycles. The van der Waals surface area contributed by atoms with Crippen molar-refractivity contribution in [1.82, 2.24) is 4.98 Å². The van der Waals surface area contributed by atoms with Gasteiger partial charge in [0.05, 0.1) is 5.69 Å². The Bertz CT molecular complexity index is 498. The van der Waals surface area contributed by atoms with Crippen LogP contribution in [0.2, 0.25) is 0 Å². The molecule has 1 atom stereocenters. The van der Waals surface area contributed by atoms with Gasteiger partial charge in [-0.15, -0.1) is 11.3 Å². The van der Waals surface area contributed by atoms with Gasteiger partial charge in [-0.2, -0.15) is 0 Å². The lowest BCUT2D eigenvalue weighted by atomic mass is 10.1. The average molecular weight is 249 g/mol. The molecule has 0 aliphatic heterocycles. The van der Waals surface area contributed by atoms with E-state index in [0.717, 1.165) is 28.2 Å². The van der Waals surface area contributed by atoms with Crippen LogP contribution < -0.4 is 0 Å². The van der Waals surface area contributed by atoms with Gasteiger partial charge in [0, 0.05) is 10.9 Å². The molecule has 2 aromatic rings. The van der Waals surface area contributed by atoms with E-state index in [1.54, 1.807) is 17.4 Å². The van der Waals surface area contributed by atoms with Crippen LogP contribution >= 0.6 is 11.3 Å². The summed E-state index contributed by atoms with van der Waals surface area (Å²) in [5.74, 6) is 0.273. The first-order valence-corrected chi connectivity index (χ1v) is 6.71. The highest BCUT2D eigenvalue weighted by molar-refractivity contribution is 7.13. The quantitative estimate of drug-likeness (QED) is 0.763. The molecule has 1 unspecified atom stereocenters. The second kappa shape index (κ2) is 4.96. The Morgan fingerprint density at radius 3 is 2.76 bits per heavy atom. The monoisotopic (exact) mass is 249 g/mol. The Kier molecular flexibility index (Phi) is 3.57. The van der Waals surface area contributed by atoms with Gasteiger partial charge in [-0.25, -0.2) is 9.37 Å². The van der Waals surface area contributed by atoms with E-state index in [0.29, 0.717) is 5.92 Å². The molecule has 2 rings (SSSR count). The summed E-state index contributed by atoms with van der Waals surface area (Å²) in [4.78, 5) is 4.59. The maximum Gasteiger partial charge on any atom is 0.124 e. The maximum atomic E-state index is 13.3. The molecule has 3 heteroatoms. The van der Waals surface area contributed by atoms with Gasteiger partial charge in [-0.05, 0) is 43.0 Å². The number of aryl methyl sites for hydroxylation is 1. The summed E-state index contributed by atoms with van der Waals surface area (Å²) in [5.41, 5.74) is 2.91. The minimum atomic E-state index is -0.194. The minimum absolute atomic E-state index is 0.194. The van der Waals surface area contributed by atoms with Crippen molar-refractivity contribution < 1.29 is 4.39 Å². The van der Waals surface area contributed by atoms with Crippen LogP contribution in [0.25, 0.3) is 10.6 Å². The fourth-order valence-electron chi connectivity index (χ4n) is 1.71. The third kappa shape index (κ3) is 2.72. The SMILES string of the molecule is CCC(C)c1csc(-c2cc(C)cc(F)c2)n1. The van der Waals surface area contributed by atoms with Gasteiger partial charge in [-0.3, -0.25) is 0 Å². The Morgan fingerprint density at radius 2 is 2.12 bits per heavy atom. The topological polar surface area (TPSA) is 12.9 Å². The number of aromatic nitrogens is 1. The van der Waals surface area contributed by atoms with Crippen LogP contribution in [0.4, 0.5) is 4.39 Å². The van der Waals surface area contributed by atoms with Gasteiger partial charge < -0.3 is 0 Å². The molecule has 0 N–H and O–H groups in total. The second-order valence-corrected chi connectivity index (χ2v) is 5.26. The highest BCUT2D eigenvalue weighted by Crippen LogP contribution is 2.29. The zero-order valence-corrected chi connectivity index (χ0v) is 11.1. The van der Waals surface area contributed by atoms with Crippen molar-refractivity contribution in [3.63, 3.8) is 0 Å². The first kappa shape index (κ1) is 12.2. The summed E-state index contributed by atoms with van der Waals surface area (Å²) in [6, 6.07) is 5.06. The summed E-state index contributed by atoms with van der Waals surface area (Å²) < 4.78 is 13.3. The predicted molar refractivity (Wildman–Crippen MR) is 71.0 cm³/mol. The van der Waals surface area contributed by atoms with Crippen molar-refractivity contribution in [3.05, 3.63) is 40.7 Å². The van der Waals surface area contributed by atoms with Crippen LogP contribution in [0.15, 0.2) is 23.6 Å². The fraction of sp³-hybridized carbons (Fsp3) is 0.357. The second-order valence-electron chi connectivity index (χ2n) is 4.40. The molecular weight excluding hydrogens is 233 g/mol. The van der Waals surface area contributed by atoms with E-state index in [4.69, 9.17) is 0 Å². The molecule has 0 saturated carbocycles. The number of nitrogens with zero attached hydrogens (tertiary/aromatic N) is 1. The number of halogens is 1. The molecule has 0 amide bonds. The van der Waals surface area contributed by atoms with E-state index < -0.39 is 0 Å². The van der Waals surface area contributed by atoms with Crippen molar-refractivity contribution in [2.45, 2.75) is 33.1 Å². The van der Waals surface area contributed by atoms with Gasteiger partial charge in [0.15, 0.2) is 0 Å². The highest BCUT2D eigenvalue weighted by atomic mass is 32.1. The van der Waals surface area contributed by atoms with Crippen molar-refractivity contribution in [2.24, 2.45) is 0 Å². The molecule has 0 spiro atoms. The van der Waals surface area contributed by atoms with Gasteiger partial charge >= 0.3 is 0 Å². The van der Waals surface area contributed by atoms with E-state index in [-0.39, 0.29) is 5.82 Å². The van der Waals surface area contributed by atoms with Crippen molar-refractivity contribution in [3.8, 4) is 10.6 Å². The summed E-state index contributed by atoms with van der Waals surface area (Å²) in [6.45, 7) is 6.21. The number of benzene rings is 1. The van der Waals surface area contributed by atoms with E-state index in [9.17, 15) is 4.39 Å². The van der Waals surface area contributed by atoms with Crippen LogP contribution in [0, 0.1) is 12.7 Å². The highest BCUT2D eigenvalue weighted by Gasteiger charge is 2.10. The molecule has 90 valence electrons. The molecule has 0 aliphatic rings. The maximum absolute atomic E-state index is 13.3. The van der Waals surface area contributed by atoms with Crippen molar-refractivity contribution in [1.29, 1.82) is 0 Å². The van der Waals surface area contributed by atoms with Crippen molar-refractivity contribution in [2.75, 3.05) is 0 Å².